The third-order valence-corrected chi connectivity index (χ3v) is 7.27. The molecule has 0 amide bonds. The van der Waals surface area contributed by atoms with Crippen molar-refractivity contribution in [3.8, 4) is 0 Å². The second-order valence-electron chi connectivity index (χ2n) is 10.6. The van der Waals surface area contributed by atoms with Crippen LogP contribution in [0, 0.1) is 29.1 Å². The number of rotatable bonds is 8. The molecule has 0 aromatic heterocycles. The van der Waals surface area contributed by atoms with Gasteiger partial charge < -0.3 is 4.79 Å². The fourth-order valence-electron chi connectivity index (χ4n) is 4.75. The molecule has 0 radical (unpaired) electrons. The topological polar surface area (TPSA) is 85.3 Å². The molecule has 6 aromatic carbocycles. The van der Waals surface area contributed by atoms with Gasteiger partial charge in [-0.05, 0) is 103 Å². The van der Waals surface area contributed by atoms with Crippen LogP contribution in [-0.2, 0) is 4.79 Å². The highest BCUT2D eigenvalue weighted by molar-refractivity contribution is 6.17. The van der Waals surface area contributed by atoms with Crippen LogP contribution in [0.5, 0.6) is 0 Å². The zero-order valence-electron chi connectivity index (χ0n) is 26.4. The van der Waals surface area contributed by atoms with Crippen LogP contribution in [0.3, 0.4) is 0 Å². The molecule has 6 rings (SSSR count). The molecule has 0 aliphatic heterocycles. The van der Waals surface area contributed by atoms with Crippen LogP contribution in [0.1, 0.15) is 63.7 Å². The van der Waals surface area contributed by atoms with E-state index < -0.39 is 52.2 Å². The largest absolute Gasteiger partial charge is 0.307 e. The molecule has 0 saturated carbocycles. The van der Waals surface area contributed by atoms with Gasteiger partial charge in [0.2, 0.25) is 0 Å². The van der Waals surface area contributed by atoms with E-state index in [2.05, 4.69) is 0 Å². The lowest BCUT2D eigenvalue weighted by molar-refractivity contribution is -0.0980. The zero-order chi connectivity index (χ0) is 37.1. The van der Waals surface area contributed by atoms with Crippen molar-refractivity contribution in [1.82, 2.24) is 0 Å². The van der Waals surface area contributed by atoms with Crippen LogP contribution in [-0.4, -0.2) is 29.9 Å². The lowest BCUT2D eigenvalue weighted by atomic mass is 9.92. The number of hydrogen-bond donors (Lipinski definition) is 0. The predicted molar refractivity (Wildman–Crippen MR) is 179 cm³/mol. The first kappa shape index (κ1) is 37.1. The summed E-state index contributed by atoms with van der Waals surface area (Å²) in [6.45, 7) is 2.00. The minimum absolute atomic E-state index is 0.0417. The molecule has 0 N–H and O–H groups in total. The van der Waals surface area contributed by atoms with E-state index in [-0.39, 0.29) is 38.9 Å². The van der Waals surface area contributed by atoms with Crippen molar-refractivity contribution in [2.45, 2.75) is 0 Å². The van der Waals surface area contributed by atoms with Gasteiger partial charge in [-0.1, -0.05) is 36.4 Å². The molecular weight excluding hydrogens is 667 g/mol. The molecular formula is C41H25F5O5. The predicted octanol–water partition coefficient (Wildman–Crippen LogP) is 8.81. The maximum Gasteiger partial charge on any atom is 0.196 e. The summed E-state index contributed by atoms with van der Waals surface area (Å²) in [6, 6.07) is 30.4. The average Bonchev–Trinajstić information content (AvgIpc) is 3.17. The van der Waals surface area contributed by atoms with Gasteiger partial charge in [0.25, 0.3) is 0 Å². The number of halogens is 5. The zero-order valence-corrected chi connectivity index (χ0v) is 26.4. The van der Waals surface area contributed by atoms with Gasteiger partial charge in [-0.15, -0.1) is 0 Å². The number of ketones is 4. The first-order valence-electron chi connectivity index (χ1n) is 14.9. The van der Waals surface area contributed by atoms with Gasteiger partial charge in [0, 0.05) is 38.9 Å². The molecule has 10 heteroatoms. The average molecular weight is 693 g/mol. The monoisotopic (exact) mass is 692 g/mol. The number of carbonyl (C=O) groups is 5. The van der Waals surface area contributed by atoms with E-state index in [9.17, 15) is 41.1 Å². The summed E-state index contributed by atoms with van der Waals surface area (Å²) in [5, 5.41) is 0. The first-order valence-corrected chi connectivity index (χ1v) is 14.9. The Hall–Kier alpha value is -6.68. The normalized spacial score (nSPS) is 10.1. The molecule has 0 unspecified atom stereocenters. The van der Waals surface area contributed by atoms with Gasteiger partial charge in [0.05, 0.1) is 5.56 Å². The molecule has 6 aromatic rings. The van der Waals surface area contributed by atoms with Crippen LogP contribution in [0.4, 0.5) is 22.0 Å². The van der Waals surface area contributed by atoms with Crippen LogP contribution in [0.15, 0.2) is 140 Å². The van der Waals surface area contributed by atoms with E-state index in [1.165, 1.54) is 66.7 Å². The molecule has 0 bridgehead atoms. The van der Waals surface area contributed by atoms with Gasteiger partial charge in [0.1, 0.15) is 24.2 Å². The number of benzene rings is 6. The van der Waals surface area contributed by atoms with Crippen molar-refractivity contribution in [3.05, 3.63) is 213 Å². The minimum atomic E-state index is -1.10. The fourth-order valence-corrected chi connectivity index (χ4v) is 4.75. The Labute approximate surface area is 288 Å². The summed E-state index contributed by atoms with van der Waals surface area (Å²) in [6.07, 6.45) is 0. The van der Waals surface area contributed by atoms with Gasteiger partial charge in [-0.3, -0.25) is 19.2 Å². The Bertz CT molecular complexity index is 2000. The Kier molecular flexibility index (Phi) is 12.5. The molecule has 0 heterocycles. The summed E-state index contributed by atoms with van der Waals surface area (Å²) < 4.78 is 66.1. The molecule has 0 aliphatic carbocycles. The van der Waals surface area contributed by atoms with Crippen molar-refractivity contribution in [2.75, 3.05) is 0 Å². The van der Waals surface area contributed by atoms with Crippen molar-refractivity contribution in [3.63, 3.8) is 0 Å². The van der Waals surface area contributed by atoms with E-state index in [4.69, 9.17) is 4.79 Å². The Morgan fingerprint density at radius 2 is 0.686 bits per heavy atom. The van der Waals surface area contributed by atoms with Crippen LogP contribution in [0.2, 0.25) is 0 Å². The van der Waals surface area contributed by atoms with Crippen LogP contribution < -0.4 is 0 Å². The van der Waals surface area contributed by atoms with E-state index in [0.717, 1.165) is 42.5 Å². The highest BCUT2D eigenvalue weighted by Crippen LogP contribution is 2.21. The summed E-state index contributed by atoms with van der Waals surface area (Å²) in [5.41, 5.74) is 0.729. The molecule has 51 heavy (non-hydrogen) atoms. The Morgan fingerprint density at radius 1 is 0.353 bits per heavy atom. The van der Waals surface area contributed by atoms with Gasteiger partial charge >= 0.3 is 0 Å². The van der Waals surface area contributed by atoms with Crippen LogP contribution >= 0.6 is 0 Å². The second kappa shape index (κ2) is 17.1. The SMILES string of the molecule is C=O.O=C(c1ccc(F)cc1)c1cc(C(=O)c2ccc(F)cc2)cc(C(=O)c2ccc(F)cc2)c1.O=C(c1ccccc1)c1cccc(F)c1F. The molecule has 0 saturated heterocycles. The lowest BCUT2D eigenvalue weighted by Gasteiger charge is -2.10. The van der Waals surface area contributed by atoms with E-state index in [1.54, 1.807) is 30.3 Å². The fraction of sp³-hybridized carbons (Fsp3) is 0. The van der Waals surface area contributed by atoms with E-state index >= 15 is 0 Å². The molecule has 0 atom stereocenters. The molecule has 0 fully saturated rings. The van der Waals surface area contributed by atoms with E-state index in [1.807, 2.05) is 6.79 Å². The lowest BCUT2D eigenvalue weighted by Crippen LogP contribution is -2.10. The number of carbonyl (C=O) groups excluding carboxylic acids is 5. The summed E-state index contributed by atoms with van der Waals surface area (Å²) in [5.74, 6) is -5.72. The van der Waals surface area contributed by atoms with Crippen molar-refractivity contribution in [2.24, 2.45) is 0 Å². The molecule has 0 aliphatic rings. The Balaban J connectivity index is 0.000000271. The highest BCUT2D eigenvalue weighted by Gasteiger charge is 2.20. The van der Waals surface area contributed by atoms with Crippen molar-refractivity contribution >= 4 is 29.9 Å². The van der Waals surface area contributed by atoms with Crippen molar-refractivity contribution < 1.29 is 45.9 Å². The van der Waals surface area contributed by atoms with E-state index in [0.29, 0.717) is 5.56 Å². The second-order valence-corrected chi connectivity index (χ2v) is 10.6. The highest BCUT2D eigenvalue weighted by atomic mass is 19.2. The van der Waals surface area contributed by atoms with Crippen LogP contribution in [0.25, 0.3) is 0 Å². The maximum absolute atomic E-state index is 13.3. The van der Waals surface area contributed by atoms with Gasteiger partial charge in [0.15, 0.2) is 34.8 Å². The number of hydrogen-bond acceptors (Lipinski definition) is 5. The summed E-state index contributed by atoms with van der Waals surface area (Å²) in [4.78, 5) is 58.9. The van der Waals surface area contributed by atoms with Gasteiger partial charge in [-0.25, -0.2) is 22.0 Å². The Morgan fingerprint density at radius 3 is 1.04 bits per heavy atom. The molecule has 5 nitrogen and oxygen atoms in total. The third kappa shape index (κ3) is 9.27. The minimum Gasteiger partial charge on any atom is -0.307 e. The third-order valence-electron chi connectivity index (χ3n) is 7.27. The first-order chi connectivity index (χ1) is 24.5. The van der Waals surface area contributed by atoms with Crippen molar-refractivity contribution in [1.29, 1.82) is 0 Å². The van der Waals surface area contributed by atoms with Gasteiger partial charge in [-0.2, -0.15) is 0 Å². The smallest absolute Gasteiger partial charge is 0.196 e. The molecule has 254 valence electrons. The summed E-state index contributed by atoms with van der Waals surface area (Å²) in [7, 11) is 0. The summed E-state index contributed by atoms with van der Waals surface area (Å²) >= 11 is 0. The quantitative estimate of drug-likeness (QED) is 0.118. The molecule has 0 spiro atoms. The maximum atomic E-state index is 13.3. The standard InChI is InChI=1S/C27H15F3O3.C13H8F2O.CH2O/c28-22-7-1-16(2-8-22)25(31)19-13-20(26(32)17-3-9-23(29)10-4-17)15-21(14-19)27(33)18-5-11-24(30)12-6-18;14-11-8-4-7-10(12(11)15)13(16)9-5-2-1-3-6-9;1-2/h1-15H;1-8H;1H2.